The first-order valence-corrected chi connectivity index (χ1v) is 11.3. The minimum absolute atomic E-state index is 0.0402. The van der Waals surface area contributed by atoms with Crippen molar-refractivity contribution in [3.05, 3.63) is 89.2 Å². The van der Waals surface area contributed by atoms with Gasteiger partial charge in [-0.3, -0.25) is 9.59 Å². The highest BCUT2D eigenvalue weighted by molar-refractivity contribution is 6.13. The molecule has 1 aromatic heterocycles. The molecule has 0 saturated carbocycles. The van der Waals surface area contributed by atoms with Crippen LogP contribution in [0.4, 0.5) is 13.6 Å². The van der Waals surface area contributed by atoms with E-state index in [9.17, 15) is 23.2 Å². The Labute approximate surface area is 216 Å². The van der Waals surface area contributed by atoms with Crippen LogP contribution < -0.4 is 20.2 Å². The Hall–Kier alpha value is -4.87. The van der Waals surface area contributed by atoms with Crippen molar-refractivity contribution in [1.29, 1.82) is 0 Å². The maximum absolute atomic E-state index is 13.4. The predicted molar refractivity (Wildman–Crippen MR) is 132 cm³/mol. The van der Waals surface area contributed by atoms with Crippen LogP contribution in [0.3, 0.4) is 0 Å². The van der Waals surface area contributed by atoms with Gasteiger partial charge in [-0.05, 0) is 62.4 Å². The largest absolute Gasteiger partial charge is 0.514 e. The number of carbonyl (C=O) groups excluding carboxylic acids is 3. The quantitative estimate of drug-likeness (QED) is 0.248. The van der Waals surface area contributed by atoms with E-state index < -0.39 is 35.6 Å². The molecule has 1 atom stereocenters. The van der Waals surface area contributed by atoms with Gasteiger partial charge in [-0.25, -0.2) is 24.0 Å². The maximum atomic E-state index is 13.4. The zero-order chi connectivity index (χ0) is 27.7. The molecule has 2 amide bonds. The van der Waals surface area contributed by atoms with Crippen LogP contribution in [0.25, 0.3) is 0 Å². The van der Waals surface area contributed by atoms with E-state index in [4.69, 9.17) is 14.2 Å². The summed E-state index contributed by atoms with van der Waals surface area (Å²) in [6.45, 7) is 3.01. The molecule has 0 aliphatic carbocycles. The number of ether oxygens (including phenoxy) is 3. The van der Waals surface area contributed by atoms with E-state index in [1.54, 1.807) is 6.92 Å². The average molecular weight is 526 g/mol. The number of rotatable bonds is 9. The van der Waals surface area contributed by atoms with Crippen LogP contribution in [0.2, 0.25) is 0 Å². The third-order valence-corrected chi connectivity index (χ3v) is 5.01. The normalized spacial score (nSPS) is 11.1. The fourth-order valence-electron chi connectivity index (χ4n) is 3.13. The van der Waals surface area contributed by atoms with Crippen LogP contribution in [0.15, 0.2) is 65.9 Å². The van der Waals surface area contributed by atoms with Gasteiger partial charge >= 0.3 is 6.16 Å². The molecule has 0 bridgehead atoms. The smallest absolute Gasteiger partial charge is 0.493 e. The topological polar surface area (TPSA) is 128 Å². The predicted octanol–water partition coefficient (Wildman–Crippen LogP) is 3.59. The Morgan fingerprint density at radius 3 is 2.08 bits per heavy atom. The van der Waals surface area contributed by atoms with E-state index in [2.05, 4.69) is 20.8 Å². The van der Waals surface area contributed by atoms with E-state index in [0.29, 0.717) is 11.1 Å². The molecule has 3 rings (SSSR count). The summed E-state index contributed by atoms with van der Waals surface area (Å²) in [4.78, 5) is 41.4. The molecule has 10 nitrogen and oxygen atoms in total. The number of aromatic nitrogens is 1. The Kier molecular flexibility index (Phi) is 9.41. The van der Waals surface area contributed by atoms with Crippen molar-refractivity contribution in [3.63, 3.8) is 0 Å². The molecule has 0 unspecified atom stereocenters. The van der Waals surface area contributed by atoms with E-state index >= 15 is 0 Å². The second-order valence-electron chi connectivity index (χ2n) is 7.62. The average Bonchev–Trinajstić information content (AvgIpc) is 2.90. The molecule has 198 valence electrons. The van der Waals surface area contributed by atoms with E-state index in [1.165, 1.54) is 74.8 Å². The minimum Gasteiger partial charge on any atom is -0.493 e. The summed E-state index contributed by atoms with van der Waals surface area (Å²) < 4.78 is 41.8. The van der Waals surface area contributed by atoms with Gasteiger partial charge < -0.3 is 19.5 Å². The zero-order valence-corrected chi connectivity index (χ0v) is 20.7. The highest BCUT2D eigenvalue weighted by Gasteiger charge is 2.25. The Morgan fingerprint density at radius 1 is 0.974 bits per heavy atom. The lowest BCUT2D eigenvalue weighted by Gasteiger charge is -2.15. The number of nitrogens with one attached hydrogen (secondary N) is 2. The van der Waals surface area contributed by atoms with Gasteiger partial charge in [0.1, 0.15) is 17.7 Å². The monoisotopic (exact) mass is 526 g/mol. The molecular weight excluding hydrogens is 502 g/mol. The summed E-state index contributed by atoms with van der Waals surface area (Å²) >= 11 is 0. The van der Waals surface area contributed by atoms with Gasteiger partial charge in [0.15, 0.2) is 11.4 Å². The molecule has 0 fully saturated rings. The Balaban J connectivity index is 1.79. The van der Waals surface area contributed by atoms with Crippen molar-refractivity contribution in [2.24, 2.45) is 5.10 Å². The third kappa shape index (κ3) is 7.09. The number of nitrogens with zero attached hydrogens (tertiary/aromatic N) is 2. The van der Waals surface area contributed by atoms with Gasteiger partial charge in [-0.2, -0.15) is 5.10 Å². The van der Waals surface area contributed by atoms with Crippen molar-refractivity contribution in [3.8, 4) is 11.5 Å². The highest BCUT2D eigenvalue weighted by atomic mass is 19.1. The summed E-state index contributed by atoms with van der Waals surface area (Å²) in [5.41, 5.74) is 3.17. The van der Waals surface area contributed by atoms with Crippen LogP contribution in [0.1, 0.15) is 35.5 Å². The summed E-state index contributed by atoms with van der Waals surface area (Å²) in [5.74, 6) is -2.73. The number of hydrazone groups is 1. The van der Waals surface area contributed by atoms with E-state index in [1.807, 2.05) is 0 Å². The maximum Gasteiger partial charge on any atom is 0.514 e. The van der Waals surface area contributed by atoms with E-state index in [-0.39, 0.29) is 29.5 Å². The van der Waals surface area contributed by atoms with Crippen molar-refractivity contribution in [2.75, 3.05) is 13.7 Å². The minimum atomic E-state index is -1.13. The van der Waals surface area contributed by atoms with Crippen LogP contribution >= 0.6 is 0 Å². The molecule has 3 aromatic rings. The number of hydrogen-bond donors (Lipinski definition) is 2. The summed E-state index contributed by atoms with van der Waals surface area (Å²) in [6, 6.07) is 10.9. The molecular formula is C26H24F2N4O6. The molecule has 0 aliphatic heterocycles. The standard InChI is InChI=1S/C26H24F2N4O6/c1-4-37-26(35)38-23-20(36-3)13-14-29-22(23)25(34)30-15(2)24(33)32-31-21(16-5-9-18(27)10-6-16)17-7-11-19(28)12-8-17/h5-15H,4H2,1-3H3,(H,30,34)(H,32,33)/t15-/m0/s1. The van der Waals surface area contributed by atoms with E-state index in [0.717, 1.165) is 0 Å². The molecule has 0 radical (unpaired) electrons. The Bertz CT molecular complexity index is 1280. The van der Waals surface area contributed by atoms with Gasteiger partial charge in [0.05, 0.1) is 19.4 Å². The van der Waals surface area contributed by atoms with Crippen LogP contribution in [0.5, 0.6) is 11.5 Å². The number of carbonyl (C=O) groups is 3. The summed E-state index contributed by atoms with van der Waals surface area (Å²) in [6.07, 6.45) is 0.195. The lowest BCUT2D eigenvalue weighted by atomic mass is 10.0. The molecule has 0 spiro atoms. The van der Waals surface area contributed by atoms with Crippen LogP contribution in [0, 0.1) is 11.6 Å². The number of hydrogen-bond acceptors (Lipinski definition) is 8. The van der Waals surface area contributed by atoms with Gasteiger partial charge in [0.25, 0.3) is 11.8 Å². The van der Waals surface area contributed by atoms with Gasteiger partial charge in [0, 0.05) is 23.4 Å². The van der Waals surface area contributed by atoms with Crippen molar-refractivity contribution in [2.45, 2.75) is 19.9 Å². The number of amides is 2. The first-order chi connectivity index (χ1) is 18.2. The fourth-order valence-corrected chi connectivity index (χ4v) is 3.13. The molecule has 0 saturated heterocycles. The third-order valence-electron chi connectivity index (χ3n) is 5.01. The lowest BCUT2D eigenvalue weighted by Crippen LogP contribution is -2.44. The van der Waals surface area contributed by atoms with Crippen molar-refractivity contribution < 1.29 is 37.4 Å². The first kappa shape index (κ1) is 27.7. The van der Waals surface area contributed by atoms with Crippen molar-refractivity contribution in [1.82, 2.24) is 15.7 Å². The van der Waals surface area contributed by atoms with Crippen molar-refractivity contribution >= 4 is 23.7 Å². The van der Waals surface area contributed by atoms with Gasteiger partial charge in [-0.1, -0.05) is 0 Å². The first-order valence-electron chi connectivity index (χ1n) is 11.3. The fraction of sp³-hybridized carbons (Fsp3) is 0.192. The summed E-state index contributed by atoms with van der Waals surface area (Å²) in [7, 11) is 1.31. The van der Waals surface area contributed by atoms with Crippen LogP contribution in [-0.2, 0) is 9.53 Å². The molecule has 0 aliphatic rings. The number of pyridine rings is 1. The molecule has 1 heterocycles. The zero-order valence-electron chi connectivity index (χ0n) is 20.7. The van der Waals surface area contributed by atoms with Crippen LogP contribution in [-0.4, -0.2) is 48.4 Å². The Morgan fingerprint density at radius 2 is 1.55 bits per heavy atom. The summed E-state index contributed by atoms with van der Waals surface area (Å²) in [5, 5.41) is 6.57. The number of benzene rings is 2. The molecule has 38 heavy (non-hydrogen) atoms. The molecule has 2 N–H and O–H groups in total. The molecule has 12 heteroatoms. The molecule has 2 aromatic carbocycles. The second-order valence-corrected chi connectivity index (χ2v) is 7.62. The number of methoxy groups -OCH3 is 1. The second kappa shape index (κ2) is 12.9. The highest BCUT2D eigenvalue weighted by Crippen LogP contribution is 2.30. The van der Waals surface area contributed by atoms with Gasteiger partial charge in [0.2, 0.25) is 5.75 Å². The lowest BCUT2D eigenvalue weighted by molar-refractivity contribution is -0.122. The SMILES string of the molecule is CCOC(=O)Oc1c(OC)ccnc1C(=O)N[C@@H](C)C(=O)NN=C(c1ccc(F)cc1)c1ccc(F)cc1. The number of halogens is 2. The van der Waals surface area contributed by atoms with Gasteiger partial charge in [-0.15, -0.1) is 0 Å².